The fourth-order valence-electron chi connectivity index (χ4n) is 1.81. The van der Waals surface area contributed by atoms with E-state index >= 15 is 0 Å². The second kappa shape index (κ2) is 2.98. The molecule has 0 radical (unpaired) electrons. The largest absolute Gasteiger partial charge is 0.380 e. The highest BCUT2D eigenvalue weighted by Crippen LogP contribution is 2.33. The molecule has 3 nitrogen and oxygen atoms in total. The van der Waals surface area contributed by atoms with Crippen molar-refractivity contribution < 1.29 is 9.47 Å². The van der Waals surface area contributed by atoms with Gasteiger partial charge in [-0.25, -0.2) is 0 Å². The van der Waals surface area contributed by atoms with Gasteiger partial charge >= 0.3 is 0 Å². The van der Waals surface area contributed by atoms with Crippen LogP contribution in [0.15, 0.2) is 0 Å². The average molecular weight is 171 g/mol. The lowest BCUT2D eigenvalue weighted by Gasteiger charge is -2.47. The number of hydrogen-bond donors (Lipinski definition) is 0. The van der Waals surface area contributed by atoms with Crippen molar-refractivity contribution in [2.24, 2.45) is 5.41 Å². The number of nitrogens with zero attached hydrogens (tertiary/aromatic N) is 1. The molecule has 70 valence electrons. The molecule has 0 saturated carbocycles. The highest BCUT2D eigenvalue weighted by Gasteiger charge is 2.43. The summed E-state index contributed by atoms with van der Waals surface area (Å²) < 4.78 is 11.0. The summed E-state index contributed by atoms with van der Waals surface area (Å²) in [6.07, 6.45) is 0.380. The van der Waals surface area contributed by atoms with Gasteiger partial charge in [0, 0.05) is 18.5 Å². The van der Waals surface area contributed by atoms with E-state index < -0.39 is 0 Å². The molecule has 0 amide bonds. The maximum absolute atomic E-state index is 5.73. The molecule has 0 unspecified atom stereocenters. The molecule has 1 atom stereocenters. The second-order valence-electron chi connectivity index (χ2n) is 4.27. The lowest BCUT2D eigenvalue weighted by molar-refractivity contribution is -0.194. The van der Waals surface area contributed by atoms with Crippen LogP contribution >= 0.6 is 0 Å². The molecule has 2 aliphatic rings. The van der Waals surface area contributed by atoms with Gasteiger partial charge in [-0.3, -0.25) is 0 Å². The summed E-state index contributed by atoms with van der Waals surface area (Å²) in [5.74, 6) is 0. The Hall–Kier alpha value is -0.120. The third-order valence-electron chi connectivity index (χ3n) is 2.91. The highest BCUT2D eigenvalue weighted by molar-refractivity contribution is 4.91. The van der Waals surface area contributed by atoms with Crippen molar-refractivity contribution in [3.63, 3.8) is 0 Å². The minimum Gasteiger partial charge on any atom is -0.380 e. The predicted octanol–water partition coefficient (Wildman–Crippen LogP) is 0.353. The quantitative estimate of drug-likeness (QED) is 0.568. The first-order valence-corrected chi connectivity index (χ1v) is 4.59. The Kier molecular flexibility index (Phi) is 2.10. The molecule has 2 saturated heterocycles. The van der Waals surface area contributed by atoms with Crippen LogP contribution in [-0.2, 0) is 9.47 Å². The van der Waals surface area contributed by atoms with E-state index in [4.69, 9.17) is 9.47 Å². The number of likely N-dealkylation sites (N-methyl/N-ethyl adjacent to an activating group) is 1. The fraction of sp³-hybridized carbons (Fsp3) is 1.00. The van der Waals surface area contributed by atoms with Gasteiger partial charge in [-0.05, 0) is 7.05 Å². The molecule has 0 aromatic carbocycles. The first-order chi connectivity index (χ1) is 5.71. The summed E-state index contributed by atoms with van der Waals surface area (Å²) in [6.45, 7) is 6.97. The summed E-state index contributed by atoms with van der Waals surface area (Å²) >= 11 is 0. The SMILES string of the molecule is CN1CCO[C@@H](C2(C)COC2)C1. The average Bonchev–Trinajstić information content (AvgIpc) is 2.00. The maximum atomic E-state index is 5.73. The van der Waals surface area contributed by atoms with Gasteiger partial charge in [0.1, 0.15) is 0 Å². The van der Waals surface area contributed by atoms with E-state index in [0.29, 0.717) is 6.10 Å². The van der Waals surface area contributed by atoms with Gasteiger partial charge in [0.2, 0.25) is 0 Å². The van der Waals surface area contributed by atoms with Crippen molar-refractivity contribution in [3.05, 3.63) is 0 Å². The molecule has 0 aliphatic carbocycles. The summed E-state index contributed by atoms with van der Waals surface area (Å²) in [4.78, 5) is 2.33. The van der Waals surface area contributed by atoms with Crippen LogP contribution in [0.2, 0.25) is 0 Å². The Labute approximate surface area is 73.6 Å². The van der Waals surface area contributed by atoms with E-state index in [1.54, 1.807) is 0 Å². The Morgan fingerprint density at radius 1 is 1.42 bits per heavy atom. The maximum Gasteiger partial charge on any atom is 0.0800 e. The number of rotatable bonds is 1. The van der Waals surface area contributed by atoms with Crippen LogP contribution in [0.25, 0.3) is 0 Å². The summed E-state index contributed by atoms with van der Waals surface area (Å²) in [5.41, 5.74) is 0.286. The molecule has 0 aromatic heterocycles. The Morgan fingerprint density at radius 3 is 2.67 bits per heavy atom. The molecule has 2 fully saturated rings. The van der Waals surface area contributed by atoms with Crippen LogP contribution in [0.3, 0.4) is 0 Å². The van der Waals surface area contributed by atoms with Crippen molar-refractivity contribution in [1.29, 1.82) is 0 Å². The number of hydrogen-bond acceptors (Lipinski definition) is 3. The molecule has 12 heavy (non-hydrogen) atoms. The van der Waals surface area contributed by atoms with Crippen molar-refractivity contribution in [2.75, 3.05) is 40.0 Å². The molecular weight excluding hydrogens is 154 g/mol. The van der Waals surface area contributed by atoms with E-state index in [9.17, 15) is 0 Å². The Morgan fingerprint density at radius 2 is 2.17 bits per heavy atom. The van der Waals surface area contributed by atoms with Crippen LogP contribution in [0.1, 0.15) is 6.92 Å². The zero-order valence-electron chi connectivity index (χ0n) is 7.88. The van der Waals surface area contributed by atoms with Crippen LogP contribution in [0.4, 0.5) is 0 Å². The molecule has 0 N–H and O–H groups in total. The lowest BCUT2D eigenvalue weighted by Crippen LogP contribution is -2.56. The molecule has 0 aromatic rings. The van der Waals surface area contributed by atoms with Gasteiger partial charge in [0.15, 0.2) is 0 Å². The monoisotopic (exact) mass is 171 g/mol. The van der Waals surface area contributed by atoms with E-state index in [2.05, 4.69) is 18.9 Å². The summed E-state index contributed by atoms with van der Waals surface area (Å²) in [6, 6.07) is 0. The van der Waals surface area contributed by atoms with Gasteiger partial charge in [0.05, 0.1) is 25.9 Å². The van der Waals surface area contributed by atoms with E-state index in [1.165, 1.54) is 0 Å². The minimum absolute atomic E-state index is 0.286. The van der Waals surface area contributed by atoms with Crippen molar-refractivity contribution in [1.82, 2.24) is 4.90 Å². The van der Waals surface area contributed by atoms with Crippen molar-refractivity contribution >= 4 is 0 Å². The van der Waals surface area contributed by atoms with E-state index in [0.717, 1.165) is 32.9 Å². The highest BCUT2D eigenvalue weighted by atomic mass is 16.5. The molecule has 2 rings (SSSR count). The molecule has 2 aliphatic heterocycles. The van der Waals surface area contributed by atoms with Crippen LogP contribution < -0.4 is 0 Å². The number of ether oxygens (including phenoxy) is 2. The van der Waals surface area contributed by atoms with Crippen LogP contribution in [0.5, 0.6) is 0 Å². The topological polar surface area (TPSA) is 21.7 Å². The first kappa shape index (κ1) is 8.48. The van der Waals surface area contributed by atoms with Gasteiger partial charge < -0.3 is 14.4 Å². The predicted molar refractivity (Wildman–Crippen MR) is 46.2 cm³/mol. The molecule has 3 heteroatoms. The smallest absolute Gasteiger partial charge is 0.0800 e. The molecule has 2 heterocycles. The lowest BCUT2D eigenvalue weighted by atomic mass is 9.81. The molecule has 0 spiro atoms. The van der Waals surface area contributed by atoms with Gasteiger partial charge in [0.25, 0.3) is 0 Å². The fourth-order valence-corrected chi connectivity index (χ4v) is 1.81. The third kappa shape index (κ3) is 1.37. The third-order valence-corrected chi connectivity index (χ3v) is 2.91. The second-order valence-corrected chi connectivity index (χ2v) is 4.27. The van der Waals surface area contributed by atoms with E-state index in [-0.39, 0.29) is 5.41 Å². The van der Waals surface area contributed by atoms with Crippen molar-refractivity contribution in [3.8, 4) is 0 Å². The normalized spacial score (nSPS) is 36.0. The van der Waals surface area contributed by atoms with E-state index in [1.807, 2.05) is 0 Å². The minimum atomic E-state index is 0.286. The molecular formula is C9H17NO2. The van der Waals surface area contributed by atoms with Gasteiger partial charge in [-0.1, -0.05) is 6.92 Å². The molecule has 0 bridgehead atoms. The van der Waals surface area contributed by atoms with Crippen LogP contribution in [-0.4, -0.2) is 51.0 Å². The standard InChI is InChI=1S/C9H17NO2/c1-9(6-11-7-9)8-5-10(2)3-4-12-8/h8H,3-7H2,1-2H3/t8-/m1/s1. The summed E-state index contributed by atoms with van der Waals surface area (Å²) in [7, 11) is 2.15. The van der Waals surface area contributed by atoms with Crippen LogP contribution in [0, 0.1) is 5.41 Å². The zero-order valence-corrected chi connectivity index (χ0v) is 7.88. The van der Waals surface area contributed by atoms with Gasteiger partial charge in [-0.15, -0.1) is 0 Å². The summed E-state index contributed by atoms with van der Waals surface area (Å²) in [5, 5.41) is 0. The first-order valence-electron chi connectivity index (χ1n) is 4.59. The number of morpholine rings is 1. The zero-order chi connectivity index (χ0) is 8.60. The Bertz CT molecular complexity index is 168. The van der Waals surface area contributed by atoms with Crippen molar-refractivity contribution in [2.45, 2.75) is 13.0 Å². The van der Waals surface area contributed by atoms with Gasteiger partial charge in [-0.2, -0.15) is 0 Å². The Balaban J connectivity index is 1.94.